The molecule has 0 aromatic heterocycles. The van der Waals surface area contributed by atoms with Crippen LogP contribution in [0.4, 0.5) is 0 Å². The van der Waals surface area contributed by atoms with Gasteiger partial charge in [-0.3, -0.25) is 4.79 Å². The molecule has 1 aliphatic rings. The van der Waals surface area contributed by atoms with Gasteiger partial charge in [0, 0.05) is 6.61 Å². The molecule has 0 amide bonds. The molecule has 0 aliphatic carbocycles. The molecule has 0 N–H and O–H groups in total. The Kier molecular flexibility index (Phi) is 10.00. The number of esters is 1. The van der Waals surface area contributed by atoms with Crippen molar-refractivity contribution >= 4 is 33.0 Å². The van der Waals surface area contributed by atoms with Crippen molar-refractivity contribution in [1.82, 2.24) is 0 Å². The summed E-state index contributed by atoms with van der Waals surface area (Å²) in [5, 5.41) is 2.48. The number of rotatable bonds is 11. The van der Waals surface area contributed by atoms with Crippen molar-refractivity contribution in [3.8, 4) is 0 Å². The van der Waals surface area contributed by atoms with E-state index in [0.29, 0.717) is 6.61 Å². The van der Waals surface area contributed by atoms with E-state index in [4.69, 9.17) is 18.3 Å². The summed E-state index contributed by atoms with van der Waals surface area (Å²) in [5.41, 5.74) is -0.536. The summed E-state index contributed by atoms with van der Waals surface area (Å²) in [5.74, 6) is -0.242. The zero-order valence-corrected chi connectivity index (χ0v) is 28.7. The summed E-state index contributed by atoms with van der Waals surface area (Å²) >= 11 is 0. The van der Waals surface area contributed by atoms with Gasteiger partial charge in [0.25, 0.3) is 8.32 Å². The molecule has 0 spiro atoms. The standard InChI is InChI=1S/C33H52O5Si2/c1-31(2,3)37-29(34)24-28(38-39(10,11)32(4,5)6)30-27(36-30)22-23-35-40(33(7,8)9,25-18-14-12-15-19-25)26-20-16-13-17-21-26/h12-21,27-28,30H,22-24H2,1-11H3/t27-,28-,30-/m1/s1. The molecular weight excluding hydrogens is 533 g/mol. The first-order chi connectivity index (χ1) is 18.4. The van der Waals surface area contributed by atoms with Gasteiger partial charge < -0.3 is 18.3 Å². The monoisotopic (exact) mass is 584 g/mol. The normalized spacial score (nSPS) is 19.3. The third-order valence-electron chi connectivity index (χ3n) is 8.17. The van der Waals surface area contributed by atoms with E-state index in [0.717, 1.165) is 6.42 Å². The third kappa shape index (κ3) is 7.94. The van der Waals surface area contributed by atoms with E-state index in [1.807, 2.05) is 20.8 Å². The number of ether oxygens (including phenoxy) is 2. The Morgan fingerprint density at radius 1 is 0.825 bits per heavy atom. The Hall–Kier alpha value is -1.78. The van der Waals surface area contributed by atoms with E-state index in [2.05, 4.69) is 115 Å². The molecule has 5 nitrogen and oxygen atoms in total. The first kappa shape index (κ1) is 32.7. The lowest BCUT2D eigenvalue weighted by atomic mass is 10.1. The minimum atomic E-state index is -2.61. The van der Waals surface area contributed by atoms with Crippen LogP contribution in [0.15, 0.2) is 60.7 Å². The predicted octanol–water partition coefficient (Wildman–Crippen LogP) is 6.84. The van der Waals surface area contributed by atoms with Crippen molar-refractivity contribution < 1.29 is 23.1 Å². The number of benzene rings is 2. The van der Waals surface area contributed by atoms with E-state index >= 15 is 0 Å². The van der Waals surface area contributed by atoms with E-state index in [1.165, 1.54) is 10.4 Å². The van der Waals surface area contributed by atoms with Crippen LogP contribution < -0.4 is 10.4 Å². The van der Waals surface area contributed by atoms with Crippen molar-refractivity contribution in [2.24, 2.45) is 0 Å². The van der Waals surface area contributed by atoms with Gasteiger partial charge in [-0.15, -0.1) is 0 Å². The lowest BCUT2D eigenvalue weighted by Gasteiger charge is -2.43. The molecule has 0 bridgehead atoms. The number of carbonyl (C=O) groups excluding carboxylic acids is 1. The van der Waals surface area contributed by atoms with Crippen molar-refractivity contribution in [2.45, 2.75) is 122 Å². The van der Waals surface area contributed by atoms with E-state index in [1.54, 1.807) is 0 Å². The quantitative estimate of drug-likeness (QED) is 0.164. The van der Waals surface area contributed by atoms with Crippen LogP contribution in [0.2, 0.25) is 23.2 Å². The highest BCUT2D eigenvalue weighted by atomic mass is 28.4. The van der Waals surface area contributed by atoms with Crippen LogP contribution in [-0.4, -0.2) is 53.1 Å². The van der Waals surface area contributed by atoms with Crippen LogP contribution in [0.3, 0.4) is 0 Å². The molecule has 2 aromatic rings. The minimum Gasteiger partial charge on any atom is -0.460 e. The zero-order valence-electron chi connectivity index (χ0n) is 26.7. The number of hydrogen-bond donors (Lipinski definition) is 0. The first-order valence-electron chi connectivity index (χ1n) is 14.7. The van der Waals surface area contributed by atoms with Crippen LogP contribution in [0.5, 0.6) is 0 Å². The van der Waals surface area contributed by atoms with E-state index in [9.17, 15) is 4.79 Å². The minimum absolute atomic E-state index is 0.00424. The highest BCUT2D eigenvalue weighted by molar-refractivity contribution is 6.99. The maximum atomic E-state index is 12.9. The van der Waals surface area contributed by atoms with Crippen molar-refractivity contribution in [3.63, 3.8) is 0 Å². The fraction of sp³-hybridized carbons (Fsp3) is 0.606. The van der Waals surface area contributed by atoms with Gasteiger partial charge in [-0.05, 0) is 60.7 Å². The van der Waals surface area contributed by atoms with Gasteiger partial charge in [0.1, 0.15) is 11.7 Å². The lowest BCUT2D eigenvalue weighted by Crippen LogP contribution is -2.66. The van der Waals surface area contributed by atoms with Gasteiger partial charge in [-0.2, -0.15) is 0 Å². The Morgan fingerprint density at radius 2 is 1.32 bits per heavy atom. The summed E-state index contributed by atoms with van der Waals surface area (Å²) in [7, 11) is -4.74. The summed E-state index contributed by atoms with van der Waals surface area (Å²) in [6.45, 7) is 24.2. The Balaban J connectivity index is 1.79. The molecule has 2 aromatic carbocycles. The molecular formula is C33H52O5Si2. The van der Waals surface area contributed by atoms with Crippen molar-refractivity contribution in [3.05, 3.63) is 60.7 Å². The summed E-state index contributed by atoms with van der Waals surface area (Å²) in [6, 6.07) is 21.4. The molecule has 1 heterocycles. The topological polar surface area (TPSA) is 57.3 Å². The second-order valence-corrected chi connectivity index (χ2v) is 23.7. The maximum Gasteiger partial charge on any atom is 0.308 e. The van der Waals surface area contributed by atoms with Gasteiger partial charge >= 0.3 is 5.97 Å². The molecule has 222 valence electrons. The fourth-order valence-corrected chi connectivity index (χ4v) is 11.0. The van der Waals surface area contributed by atoms with Gasteiger partial charge in [0.15, 0.2) is 8.32 Å². The van der Waals surface area contributed by atoms with Crippen LogP contribution in [0.1, 0.15) is 75.2 Å². The number of carbonyl (C=O) groups is 1. The average molecular weight is 585 g/mol. The molecule has 40 heavy (non-hydrogen) atoms. The molecule has 1 saturated heterocycles. The highest BCUT2D eigenvalue weighted by Crippen LogP contribution is 2.42. The van der Waals surface area contributed by atoms with Crippen molar-refractivity contribution in [1.29, 1.82) is 0 Å². The van der Waals surface area contributed by atoms with Gasteiger partial charge in [0.05, 0.1) is 18.6 Å². The molecule has 1 aliphatic heterocycles. The summed E-state index contributed by atoms with van der Waals surface area (Å²) in [4.78, 5) is 12.9. The zero-order chi connectivity index (χ0) is 30.0. The van der Waals surface area contributed by atoms with Crippen LogP contribution >= 0.6 is 0 Å². The molecule has 7 heteroatoms. The molecule has 3 atom stereocenters. The average Bonchev–Trinajstić information content (AvgIpc) is 3.59. The highest BCUT2D eigenvalue weighted by Gasteiger charge is 2.52. The molecule has 3 rings (SSSR count). The third-order valence-corrected chi connectivity index (χ3v) is 17.7. The molecule has 0 saturated carbocycles. The van der Waals surface area contributed by atoms with Crippen LogP contribution in [-0.2, 0) is 23.1 Å². The van der Waals surface area contributed by atoms with Crippen LogP contribution in [0.25, 0.3) is 0 Å². The first-order valence-corrected chi connectivity index (χ1v) is 19.5. The lowest BCUT2D eigenvalue weighted by molar-refractivity contribution is -0.157. The Morgan fingerprint density at radius 3 is 1.75 bits per heavy atom. The summed E-state index contributed by atoms with van der Waals surface area (Å²) in [6.07, 6.45) is 0.481. The van der Waals surface area contributed by atoms with Gasteiger partial charge in [-0.1, -0.05) is 102 Å². The smallest absolute Gasteiger partial charge is 0.308 e. The number of epoxide rings is 1. The van der Waals surface area contributed by atoms with Gasteiger partial charge in [-0.25, -0.2) is 0 Å². The molecule has 0 unspecified atom stereocenters. The van der Waals surface area contributed by atoms with E-state index in [-0.39, 0.29) is 40.8 Å². The van der Waals surface area contributed by atoms with Crippen molar-refractivity contribution in [2.75, 3.05) is 6.61 Å². The SMILES string of the molecule is CC(C)(C)OC(=O)C[C@@H](O[Si](C)(C)C(C)(C)C)[C@@H]1O[C@@H]1CCO[Si](c1ccccc1)(c1ccccc1)C(C)(C)C. The van der Waals surface area contributed by atoms with Gasteiger partial charge in [0.2, 0.25) is 0 Å². The van der Waals surface area contributed by atoms with Crippen LogP contribution in [0, 0.1) is 0 Å². The molecule has 1 fully saturated rings. The summed E-state index contributed by atoms with van der Waals surface area (Å²) < 4.78 is 25.7. The maximum absolute atomic E-state index is 12.9. The van der Waals surface area contributed by atoms with E-state index < -0.39 is 22.2 Å². The second kappa shape index (κ2) is 12.2. The number of hydrogen-bond acceptors (Lipinski definition) is 5. The largest absolute Gasteiger partial charge is 0.460 e. The second-order valence-electron chi connectivity index (χ2n) is 14.6. The fourth-order valence-electron chi connectivity index (χ4n) is 5.13. The Labute approximate surface area is 245 Å². The Bertz CT molecular complexity index is 1060. The molecule has 0 radical (unpaired) electrons. The predicted molar refractivity (Wildman–Crippen MR) is 169 cm³/mol.